The Morgan fingerprint density at radius 3 is 2.24 bits per heavy atom. The zero-order valence-corrected chi connectivity index (χ0v) is 13.1. The summed E-state index contributed by atoms with van der Waals surface area (Å²) in [4.78, 5) is 0. The first kappa shape index (κ1) is 14.6. The van der Waals surface area contributed by atoms with Crippen LogP contribution < -0.4 is 4.74 Å². The lowest BCUT2D eigenvalue weighted by atomic mass is 9.86. The van der Waals surface area contributed by atoms with E-state index in [0.29, 0.717) is 0 Å². The van der Waals surface area contributed by atoms with Gasteiger partial charge in [-0.25, -0.2) is 0 Å². The van der Waals surface area contributed by atoms with Gasteiger partial charge >= 0.3 is 0 Å². The van der Waals surface area contributed by atoms with Gasteiger partial charge in [-0.2, -0.15) is 5.10 Å². The number of nitrogens with zero attached hydrogens (tertiary/aromatic N) is 2. The Hall–Kier alpha value is -0.510. The molecule has 0 aliphatic rings. The van der Waals surface area contributed by atoms with Crippen LogP contribution in [0, 0.1) is 19.3 Å². The van der Waals surface area contributed by atoms with E-state index in [9.17, 15) is 0 Å². The van der Waals surface area contributed by atoms with Crippen LogP contribution in [-0.4, -0.2) is 21.7 Å². The molecule has 0 atom stereocenters. The quantitative estimate of drug-likeness (QED) is 0.751. The molecule has 0 N–H and O–H groups in total. The normalized spacial score (nSPS) is 11.9. The van der Waals surface area contributed by atoms with E-state index in [2.05, 4.69) is 34.9 Å². The van der Waals surface area contributed by atoms with Crippen molar-refractivity contribution >= 4 is 15.9 Å². The van der Waals surface area contributed by atoms with Crippen LogP contribution in [0.1, 0.15) is 38.1 Å². The second-order valence-corrected chi connectivity index (χ2v) is 5.31. The zero-order chi connectivity index (χ0) is 13.1. The predicted octanol–water partition coefficient (Wildman–Crippen LogP) is 3.62. The highest BCUT2D eigenvalue weighted by Crippen LogP contribution is 2.31. The van der Waals surface area contributed by atoms with Crippen LogP contribution in [0.25, 0.3) is 0 Å². The Labute approximate surface area is 113 Å². The molecule has 17 heavy (non-hydrogen) atoms. The van der Waals surface area contributed by atoms with Crippen molar-refractivity contribution in [1.29, 1.82) is 0 Å². The molecule has 98 valence electrons. The minimum atomic E-state index is 0.231. The molecule has 0 bridgehead atoms. The van der Waals surface area contributed by atoms with Gasteiger partial charge in [0.1, 0.15) is 5.69 Å². The van der Waals surface area contributed by atoms with E-state index >= 15 is 0 Å². The van der Waals surface area contributed by atoms with Gasteiger partial charge < -0.3 is 4.74 Å². The highest BCUT2D eigenvalue weighted by atomic mass is 79.9. The maximum Gasteiger partial charge on any atom is 0.162 e. The molecule has 0 aliphatic carbocycles. The fourth-order valence-corrected chi connectivity index (χ4v) is 2.82. The predicted molar refractivity (Wildman–Crippen MR) is 75.0 cm³/mol. The Morgan fingerprint density at radius 1 is 1.29 bits per heavy atom. The van der Waals surface area contributed by atoms with Crippen LogP contribution >= 0.6 is 15.9 Å². The van der Waals surface area contributed by atoms with Crippen LogP contribution in [0.4, 0.5) is 0 Å². The average molecular weight is 303 g/mol. The lowest BCUT2D eigenvalue weighted by Gasteiger charge is -2.29. The van der Waals surface area contributed by atoms with E-state index in [1.165, 1.54) is 0 Å². The number of aryl methyl sites for hydroxylation is 2. The van der Waals surface area contributed by atoms with Gasteiger partial charge in [-0.15, -0.1) is 0 Å². The Morgan fingerprint density at radius 2 is 1.88 bits per heavy atom. The van der Waals surface area contributed by atoms with Crippen LogP contribution in [0.2, 0.25) is 0 Å². The van der Waals surface area contributed by atoms with Gasteiger partial charge in [0.25, 0.3) is 0 Å². The van der Waals surface area contributed by atoms with Gasteiger partial charge in [0.2, 0.25) is 0 Å². The first-order valence-corrected chi connectivity index (χ1v) is 7.30. The van der Waals surface area contributed by atoms with E-state index in [4.69, 9.17) is 4.74 Å². The highest BCUT2D eigenvalue weighted by Gasteiger charge is 2.26. The first-order chi connectivity index (χ1) is 7.99. The third kappa shape index (κ3) is 3.03. The minimum Gasteiger partial charge on any atom is -0.489 e. The Kier molecular flexibility index (Phi) is 5.04. The summed E-state index contributed by atoms with van der Waals surface area (Å²) in [6.45, 7) is 9.23. The fourth-order valence-electron chi connectivity index (χ4n) is 1.87. The van der Waals surface area contributed by atoms with Crippen LogP contribution in [0.3, 0.4) is 0 Å². The molecule has 3 nitrogen and oxygen atoms in total. The van der Waals surface area contributed by atoms with Crippen molar-refractivity contribution in [3.8, 4) is 5.75 Å². The van der Waals surface area contributed by atoms with Crippen LogP contribution in [0.5, 0.6) is 5.75 Å². The van der Waals surface area contributed by atoms with Crippen LogP contribution in [0.15, 0.2) is 0 Å². The number of rotatable bonds is 6. The molecule has 0 aliphatic heterocycles. The Balaban J connectivity index is 2.79. The second-order valence-electron chi connectivity index (χ2n) is 4.75. The molecule has 0 saturated carbocycles. The number of hydrogen-bond donors (Lipinski definition) is 0. The van der Waals surface area contributed by atoms with Crippen molar-refractivity contribution in [1.82, 2.24) is 9.78 Å². The molecule has 4 heteroatoms. The number of halogens is 1. The molecule has 0 radical (unpaired) electrons. The highest BCUT2D eigenvalue weighted by molar-refractivity contribution is 9.09. The van der Waals surface area contributed by atoms with Gasteiger partial charge in [-0.3, -0.25) is 4.68 Å². The molecule has 1 heterocycles. The number of ether oxygens (including phenoxy) is 1. The Bertz CT molecular complexity index is 361. The molecular formula is C13H23BrN2O. The third-order valence-corrected chi connectivity index (χ3v) is 4.94. The van der Waals surface area contributed by atoms with Crippen molar-refractivity contribution < 1.29 is 4.74 Å². The van der Waals surface area contributed by atoms with Gasteiger partial charge in [0.05, 0.1) is 12.3 Å². The molecule has 0 spiro atoms. The third-order valence-electron chi connectivity index (χ3n) is 3.75. The summed E-state index contributed by atoms with van der Waals surface area (Å²) in [6, 6.07) is 0. The number of aromatic nitrogens is 2. The van der Waals surface area contributed by atoms with Crippen molar-refractivity contribution in [3.63, 3.8) is 0 Å². The summed E-state index contributed by atoms with van der Waals surface area (Å²) < 4.78 is 7.89. The van der Waals surface area contributed by atoms with Crippen molar-refractivity contribution in [2.45, 2.75) is 40.5 Å². The average Bonchev–Trinajstić information content (AvgIpc) is 2.57. The van der Waals surface area contributed by atoms with Gasteiger partial charge in [0, 0.05) is 17.8 Å². The SMILES string of the molecule is CCC(CC)(CBr)COc1c(C)nn(C)c1C. The molecule has 0 amide bonds. The van der Waals surface area contributed by atoms with Crippen LogP contribution in [-0.2, 0) is 7.05 Å². The van der Waals surface area contributed by atoms with Crippen molar-refractivity contribution in [2.24, 2.45) is 12.5 Å². The topological polar surface area (TPSA) is 27.1 Å². The van der Waals surface area contributed by atoms with Gasteiger partial charge in [0.15, 0.2) is 5.75 Å². The van der Waals surface area contributed by atoms with Crippen molar-refractivity contribution in [2.75, 3.05) is 11.9 Å². The summed E-state index contributed by atoms with van der Waals surface area (Å²) >= 11 is 3.61. The summed E-state index contributed by atoms with van der Waals surface area (Å²) in [5, 5.41) is 5.35. The number of alkyl halides is 1. The van der Waals surface area contributed by atoms with E-state index in [-0.39, 0.29) is 5.41 Å². The maximum atomic E-state index is 6.01. The standard InChI is InChI=1S/C13H23BrN2O/c1-6-13(7-2,8-14)9-17-12-10(3)15-16(5)11(12)4/h6-9H2,1-5H3. The lowest BCUT2D eigenvalue weighted by molar-refractivity contribution is 0.156. The molecule has 0 unspecified atom stereocenters. The molecule has 1 rings (SSSR count). The maximum absolute atomic E-state index is 6.01. The molecule has 0 fully saturated rings. The smallest absolute Gasteiger partial charge is 0.162 e. The summed E-state index contributed by atoms with van der Waals surface area (Å²) in [7, 11) is 1.95. The monoisotopic (exact) mass is 302 g/mol. The van der Waals surface area contributed by atoms with Gasteiger partial charge in [-0.1, -0.05) is 29.8 Å². The van der Waals surface area contributed by atoms with Crippen molar-refractivity contribution in [3.05, 3.63) is 11.4 Å². The zero-order valence-electron chi connectivity index (χ0n) is 11.5. The summed E-state index contributed by atoms with van der Waals surface area (Å²) in [5.74, 6) is 0.944. The second kappa shape index (κ2) is 5.89. The molecular weight excluding hydrogens is 280 g/mol. The van der Waals surface area contributed by atoms with E-state index < -0.39 is 0 Å². The molecule has 1 aromatic rings. The first-order valence-electron chi connectivity index (χ1n) is 6.18. The largest absolute Gasteiger partial charge is 0.489 e. The molecule has 0 aromatic carbocycles. The number of hydrogen-bond acceptors (Lipinski definition) is 2. The summed E-state index contributed by atoms with van der Waals surface area (Å²) in [6.07, 6.45) is 2.24. The van der Waals surface area contributed by atoms with Gasteiger partial charge in [-0.05, 0) is 26.7 Å². The minimum absolute atomic E-state index is 0.231. The fraction of sp³-hybridized carbons (Fsp3) is 0.769. The van der Waals surface area contributed by atoms with E-state index in [1.807, 2.05) is 25.6 Å². The van der Waals surface area contributed by atoms with E-state index in [1.54, 1.807) is 0 Å². The molecule has 0 saturated heterocycles. The molecule has 1 aromatic heterocycles. The lowest BCUT2D eigenvalue weighted by Crippen LogP contribution is -2.29. The van der Waals surface area contributed by atoms with E-state index in [0.717, 1.165) is 41.9 Å². The summed E-state index contributed by atoms with van der Waals surface area (Å²) in [5.41, 5.74) is 2.30.